The second kappa shape index (κ2) is 11.8. The third-order valence-corrected chi connectivity index (χ3v) is 7.41. The van der Waals surface area contributed by atoms with Gasteiger partial charge >= 0.3 is 0 Å². The Morgan fingerprint density at radius 3 is 2.79 bits per heavy atom. The van der Waals surface area contributed by atoms with Gasteiger partial charge in [0.2, 0.25) is 27.8 Å². The number of carbonyl (C=O) groups excluding carboxylic acids is 2. The highest BCUT2D eigenvalue weighted by Crippen LogP contribution is 2.23. The predicted octanol–water partition coefficient (Wildman–Crippen LogP) is 1.50. The Balaban J connectivity index is 1.45. The van der Waals surface area contributed by atoms with Crippen LogP contribution in [-0.2, 0) is 19.6 Å². The Bertz CT molecular complexity index is 1360. The third-order valence-electron chi connectivity index (χ3n) is 6.72. The molecule has 2 saturated heterocycles. The molecule has 3 N–H and O–H groups in total. The first-order chi connectivity index (χ1) is 18.1. The van der Waals surface area contributed by atoms with Crippen molar-refractivity contribution in [1.29, 1.82) is 5.26 Å². The first-order valence-corrected chi connectivity index (χ1v) is 14.5. The number of hydrogen-bond donors (Lipinski definition) is 3. The summed E-state index contributed by atoms with van der Waals surface area (Å²) < 4.78 is 31.1. The van der Waals surface area contributed by atoms with Crippen LogP contribution in [-0.4, -0.2) is 80.5 Å². The summed E-state index contributed by atoms with van der Waals surface area (Å²) in [4.78, 5) is 34.3. The third kappa shape index (κ3) is 7.02. The molecule has 0 radical (unpaired) electrons. The van der Waals surface area contributed by atoms with Gasteiger partial charge in [0, 0.05) is 36.7 Å². The molecule has 38 heavy (non-hydrogen) atoms. The zero-order valence-corrected chi connectivity index (χ0v) is 22.4. The van der Waals surface area contributed by atoms with Crippen LogP contribution in [0.25, 0.3) is 11.0 Å². The number of nitrogens with zero attached hydrogens (tertiary/aromatic N) is 4. The number of guanidine groups is 1. The minimum Gasteiger partial charge on any atom is -0.461 e. The summed E-state index contributed by atoms with van der Waals surface area (Å²) in [6.45, 7) is 2.89. The maximum Gasteiger partial charge on any atom is 0.247 e. The molecule has 2 amide bonds. The first kappa shape index (κ1) is 27.4. The number of likely N-dealkylation sites (tertiary alicyclic amines) is 2. The minimum atomic E-state index is -3.36. The van der Waals surface area contributed by atoms with Gasteiger partial charge < -0.3 is 19.5 Å². The van der Waals surface area contributed by atoms with Crippen molar-refractivity contribution < 1.29 is 22.4 Å². The van der Waals surface area contributed by atoms with E-state index in [4.69, 9.17) is 4.42 Å². The van der Waals surface area contributed by atoms with E-state index < -0.39 is 16.1 Å². The van der Waals surface area contributed by atoms with Crippen LogP contribution < -0.4 is 15.4 Å². The van der Waals surface area contributed by atoms with Gasteiger partial charge in [-0.05, 0) is 63.3 Å². The standard InChI is InChI=1S/C25H33N7O5S/c1-17-12-18-13-19(8-9-22(18)37-17)29-25(27-16-26)30-21-7-3-4-10-31(24(21)34)15-23(33)32-11-5-6-20(32)14-28-38(2,35)36/h8-9,12-13,20-21,28H,3-7,10-11,14-15H2,1-2H3,(H2,27,29,30)/t20-,21-/m0/s1. The topological polar surface area (TPSA) is 160 Å². The Labute approximate surface area is 222 Å². The lowest BCUT2D eigenvalue weighted by Gasteiger charge is -2.29. The molecule has 13 heteroatoms. The van der Waals surface area contributed by atoms with Crippen LogP contribution in [0.4, 0.5) is 5.69 Å². The van der Waals surface area contributed by atoms with Crippen molar-refractivity contribution >= 4 is 44.5 Å². The predicted molar refractivity (Wildman–Crippen MR) is 143 cm³/mol. The molecule has 0 spiro atoms. The molecular weight excluding hydrogens is 510 g/mol. The average Bonchev–Trinajstić information content (AvgIpc) is 3.44. The molecule has 2 aromatic rings. The molecule has 1 aromatic heterocycles. The quantitative estimate of drug-likeness (QED) is 0.205. The van der Waals surface area contributed by atoms with Crippen molar-refractivity contribution in [2.24, 2.45) is 4.99 Å². The number of nitriles is 1. The van der Waals surface area contributed by atoms with Crippen molar-refractivity contribution in [3.8, 4) is 6.19 Å². The number of fused-ring (bicyclic) bond motifs is 1. The SMILES string of the molecule is Cc1cc2cc(NC(=N[C@H]3CCCCN(CC(=O)N4CCC[C@H]4CNS(C)(=O)=O)C3=O)NC#N)ccc2o1. The summed E-state index contributed by atoms with van der Waals surface area (Å²) in [6.07, 6.45) is 6.40. The molecule has 3 heterocycles. The molecule has 2 atom stereocenters. The Morgan fingerprint density at radius 2 is 2.03 bits per heavy atom. The molecule has 12 nitrogen and oxygen atoms in total. The molecule has 204 valence electrons. The van der Waals surface area contributed by atoms with Gasteiger partial charge in [0.15, 0.2) is 6.19 Å². The number of sulfonamides is 1. The summed E-state index contributed by atoms with van der Waals surface area (Å²) in [5.74, 6) is 0.440. The fourth-order valence-electron chi connectivity index (χ4n) is 4.93. The molecule has 2 aliphatic rings. The highest BCUT2D eigenvalue weighted by Gasteiger charge is 2.33. The average molecular weight is 544 g/mol. The van der Waals surface area contributed by atoms with Crippen LogP contribution in [0, 0.1) is 18.4 Å². The van der Waals surface area contributed by atoms with Gasteiger partial charge in [-0.25, -0.2) is 18.1 Å². The molecule has 0 unspecified atom stereocenters. The van der Waals surface area contributed by atoms with Crippen LogP contribution in [0.2, 0.25) is 0 Å². The molecular formula is C25H33N7O5S. The van der Waals surface area contributed by atoms with E-state index in [1.165, 1.54) is 4.90 Å². The van der Waals surface area contributed by atoms with E-state index in [-0.39, 0.29) is 36.9 Å². The van der Waals surface area contributed by atoms with Crippen LogP contribution >= 0.6 is 0 Å². The van der Waals surface area contributed by atoms with Gasteiger partial charge in [-0.1, -0.05) is 0 Å². The van der Waals surface area contributed by atoms with Crippen LogP contribution in [0.3, 0.4) is 0 Å². The van der Waals surface area contributed by atoms with Crippen LogP contribution in [0.5, 0.6) is 0 Å². The minimum absolute atomic E-state index is 0.0921. The van der Waals surface area contributed by atoms with Crippen molar-refractivity contribution in [2.45, 2.75) is 51.1 Å². The van der Waals surface area contributed by atoms with Gasteiger partial charge in [0.1, 0.15) is 17.4 Å². The molecule has 0 bridgehead atoms. The van der Waals surface area contributed by atoms with E-state index in [0.717, 1.165) is 42.2 Å². The molecule has 0 aliphatic carbocycles. The fourth-order valence-corrected chi connectivity index (χ4v) is 5.43. The highest BCUT2D eigenvalue weighted by molar-refractivity contribution is 7.88. The zero-order valence-electron chi connectivity index (χ0n) is 21.6. The fraction of sp³-hybridized carbons (Fsp3) is 0.520. The smallest absolute Gasteiger partial charge is 0.247 e. The highest BCUT2D eigenvalue weighted by atomic mass is 32.2. The van der Waals surface area contributed by atoms with Crippen molar-refractivity contribution in [1.82, 2.24) is 19.8 Å². The lowest BCUT2D eigenvalue weighted by Crippen LogP contribution is -2.49. The maximum atomic E-state index is 13.4. The van der Waals surface area contributed by atoms with Crippen LogP contribution in [0.1, 0.15) is 37.9 Å². The number of nitrogens with one attached hydrogen (secondary N) is 3. The molecule has 2 aliphatic heterocycles. The van der Waals surface area contributed by atoms with Crippen molar-refractivity contribution in [3.05, 3.63) is 30.0 Å². The number of hydrogen-bond acceptors (Lipinski definition) is 7. The van der Waals surface area contributed by atoms with Crippen molar-refractivity contribution in [2.75, 3.05) is 37.8 Å². The number of anilines is 1. The molecule has 1 aromatic carbocycles. The summed E-state index contributed by atoms with van der Waals surface area (Å²) in [6, 6.07) is 6.39. The first-order valence-electron chi connectivity index (χ1n) is 12.7. The zero-order chi connectivity index (χ0) is 27.3. The number of furan rings is 1. The van der Waals surface area contributed by atoms with Crippen molar-refractivity contribution in [3.63, 3.8) is 0 Å². The number of carbonyl (C=O) groups is 2. The maximum absolute atomic E-state index is 13.4. The van der Waals surface area contributed by atoms with Crippen LogP contribution in [0.15, 0.2) is 33.7 Å². The van der Waals surface area contributed by atoms with Gasteiger partial charge in [0.25, 0.3) is 0 Å². The number of aliphatic imine (C=N–C) groups is 1. The van der Waals surface area contributed by atoms with Gasteiger partial charge in [-0.2, -0.15) is 5.26 Å². The normalized spacial score (nSPS) is 20.9. The monoisotopic (exact) mass is 543 g/mol. The second-order valence-electron chi connectivity index (χ2n) is 9.72. The largest absolute Gasteiger partial charge is 0.461 e. The number of amides is 2. The number of benzene rings is 1. The molecule has 2 fully saturated rings. The van der Waals surface area contributed by atoms with E-state index in [0.29, 0.717) is 31.6 Å². The lowest BCUT2D eigenvalue weighted by atomic mass is 10.1. The second-order valence-corrected chi connectivity index (χ2v) is 11.6. The summed E-state index contributed by atoms with van der Waals surface area (Å²) >= 11 is 0. The van der Waals surface area contributed by atoms with E-state index in [9.17, 15) is 23.3 Å². The van der Waals surface area contributed by atoms with Gasteiger partial charge in [0.05, 0.1) is 12.8 Å². The van der Waals surface area contributed by atoms with E-state index >= 15 is 0 Å². The Hall–Kier alpha value is -3.63. The van der Waals surface area contributed by atoms with E-state index in [1.54, 1.807) is 11.0 Å². The Kier molecular flexibility index (Phi) is 8.53. The summed E-state index contributed by atoms with van der Waals surface area (Å²) in [5, 5.41) is 15.8. The van der Waals surface area contributed by atoms with E-state index in [2.05, 4.69) is 20.3 Å². The molecule has 0 saturated carbocycles. The number of rotatable bonds is 7. The summed E-state index contributed by atoms with van der Waals surface area (Å²) in [7, 11) is -3.36. The van der Waals surface area contributed by atoms with E-state index in [1.807, 2.05) is 31.3 Å². The summed E-state index contributed by atoms with van der Waals surface area (Å²) in [5.41, 5.74) is 1.42. The van der Waals surface area contributed by atoms with Gasteiger partial charge in [-0.3, -0.25) is 14.9 Å². The lowest BCUT2D eigenvalue weighted by molar-refractivity contribution is -0.141. The number of aryl methyl sites for hydroxylation is 1. The molecule has 4 rings (SSSR count). The Morgan fingerprint density at radius 1 is 1.21 bits per heavy atom. The van der Waals surface area contributed by atoms with Gasteiger partial charge in [-0.15, -0.1) is 0 Å².